The van der Waals surface area contributed by atoms with Crippen LogP contribution in [0.3, 0.4) is 0 Å². The Morgan fingerprint density at radius 1 is 1.31 bits per heavy atom. The molecule has 0 aromatic carbocycles. The smallest absolute Gasteiger partial charge is 0.371 e. The zero-order valence-corrected chi connectivity index (χ0v) is 9.09. The Morgan fingerprint density at radius 2 is 1.94 bits per heavy atom. The standard InChI is InChI=1S/C10H17F3N2O/c11-10(12,13)7-16-4-3-15-5-9(14,6-15)8-1-2-8/h8H,1-7,14H2. The molecule has 0 spiro atoms. The summed E-state index contributed by atoms with van der Waals surface area (Å²) in [5.74, 6) is 0.639. The second-order valence-corrected chi connectivity index (χ2v) is 4.89. The Labute approximate surface area is 92.7 Å². The van der Waals surface area contributed by atoms with Crippen LogP contribution >= 0.6 is 0 Å². The third-order valence-corrected chi connectivity index (χ3v) is 3.24. The van der Waals surface area contributed by atoms with E-state index in [4.69, 9.17) is 5.73 Å². The lowest BCUT2D eigenvalue weighted by Gasteiger charge is -2.48. The lowest BCUT2D eigenvalue weighted by atomic mass is 9.86. The Kier molecular flexibility index (Phi) is 3.16. The fourth-order valence-corrected chi connectivity index (χ4v) is 2.24. The number of ether oxygens (including phenoxy) is 1. The van der Waals surface area contributed by atoms with Gasteiger partial charge in [0.1, 0.15) is 6.61 Å². The predicted molar refractivity (Wildman–Crippen MR) is 53.0 cm³/mol. The molecular weight excluding hydrogens is 221 g/mol. The van der Waals surface area contributed by atoms with Crippen molar-refractivity contribution < 1.29 is 17.9 Å². The molecule has 1 saturated carbocycles. The fourth-order valence-electron chi connectivity index (χ4n) is 2.24. The monoisotopic (exact) mass is 238 g/mol. The van der Waals surface area contributed by atoms with E-state index in [0.29, 0.717) is 12.5 Å². The molecule has 2 N–H and O–H groups in total. The van der Waals surface area contributed by atoms with Gasteiger partial charge in [-0.05, 0) is 18.8 Å². The largest absolute Gasteiger partial charge is 0.411 e. The Bertz CT molecular complexity index is 247. The highest BCUT2D eigenvalue weighted by atomic mass is 19.4. The molecule has 3 nitrogen and oxygen atoms in total. The van der Waals surface area contributed by atoms with Crippen molar-refractivity contribution in [2.24, 2.45) is 11.7 Å². The van der Waals surface area contributed by atoms with Gasteiger partial charge in [0.15, 0.2) is 0 Å². The molecule has 0 aromatic heterocycles. The van der Waals surface area contributed by atoms with Gasteiger partial charge in [0.25, 0.3) is 0 Å². The first-order valence-corrected chi connectivity index (χ1v) is 5.55. The Balaban J connectivity index is 1.53. The van der Waals surface area contributed by atoms with Gasteiger partial charge in [0.2, 0.25) is 0 Å². The summed E-state index contributed by atoms with van der Waals surface area (Å²) in [4.78, 5) is 2.05. The fraction of sp³-hybridized carbons (Fsp3) is 1.00. The maximum absolute atomic E-state index is 11.8. The first-order chi connectivity index (χ1) is 7.39. The summed E-state index contributed by atoms with van der Waals surface area (Å²) in [5.41, 5.74) is 6.04. The number of halogens is 3. The van der Waals surface area contributed by atoms with Crippen molar-refractivity contribution in [3.8, 4) is 0 Å². The van der Waals surface area contributed by atoms with Crippen LogP contribution in [0.15, 0.2) is 0 Å². The molecule has 1 aliphatic carbocycles. The van der Waals surface area contributed by atoms with E-state index in [9.17, 15) is 13.2 Å². The molecule has 2 rings (SSSR count). The molecule has 1 aliphatic heterocycles. The van der Waals surface area contributed by atoms with Crippen molar-refractivity contribution in [2.75, 3.05) is 32.8 Å². The second kappa shape index (κ2) is 4.16. The first-order valence-electron chi connectivity index (χ1n) is 5.55. The van der Waals surface area contributed by atoms with Crippen LogP contribution in [-0.2, 0) is 4.74 Å². The molecule has 1 saturated heterocycles. The van der Waals surface area contributed by atoms with E-state index in [1.54, 1.807) is 0 Å². The van der Waals surface area contributed by atoms with Gasteiger partial charge in [0, 0.05) is 25.2 Å². The number of nitrogens with zero attached hydrogens (tertiary/aromatic N) is 1. The van der Waals surface area contributed by atoms with Crippen molar-refractivity contribution in [3.05, 3.63) is 0 Å². The highest BCUT2D eigenvalue weighted by Gasteiger charge is 2.49. The summed E-state index contributed by atoms with van der Waals surface area (Å²) < 4.78 is 39.8. The van der Waals surface area contributed by atoms with Gasteiger partial charge in [-0.3, -0.25) is 4.90 Å². The van der Waals surface area contributed by atoms with Crippen molar-refractivity contribution >= 4 is 0 Å². The van der Waals surface area contributed by atoms with Crippen molar-refractivity contribution in [2.45, 2.75) is 24.6 Å². The zero-order valence-electron chi connectivity index (χ0n) is 9.09. The van der Waals surface area contributed by atoms with Gasteiger partial charge >= 0.3 is 6.18 Å². The van der Waals surface area contributed by atoms with Gasteiger partial charge < -0.3 is 10.5 Å². The van der Waals surface area contributed by atoms with E-state index in [-0.39, 0.29) is 12.1 Å². The molecule has 2 fully saturated rings. The minimum Gasteiger partial charge on any atom is -0.371 e. The third kappa shape index (κ3) is 3.09. The van der Waals surface area contributed by atoms with Crippen LogP contribution in [0.25, 0.3) is 0 Å². The van der Waals surface area contributed by atoms with Crippen LogP contribution in [0.5, 0.6) is 0 Å². The van der Waals surface area contributed by atoms with Crippen LogP contribution in [0.1, 0.15) is 12.8 Å². The third-order valence-electron chi connectivity index (χ3n) is 3.24. The zero-order chi connectivity index (χ0) is 11.8. The molecule has 94 valence electrons. The van der Waals surface area contributed by atoms with E-state index in [2.05, 4.69) is 9.64 Å². The van der Waals surface area contributed by atoms with Gasteiger partial charge in [-0.2, -0.15) is 13.2 Å². The molecule has 16 heavy (non-hydrogen) atoms. The Hall–Kier alpha value is -0.330. The second-order valence-electron chi connectivity index (χ2n) is 4.89. The SMILES string of the molecule is NC1(C2CC2)CN(CCOCC(F)(F)F)C1. The van der Waals surface area contributed by atoms with Crippen molar-refractivity contribution in [3.63, 3.8) is 0 Å². The molecule has 1 heterocycles. The minimum absolute atomic E-state index is 0.0654. The normalized spacial score (nSPS) is 25.5. The lowest BCUT2D eigenvalue weighted by Crippen LogP contribution is -2.68. The molecule has 2 aliphatic rings. The summed E-state index contributed by atoms with van der Waals surface area (Å²) in [7, 11) is 0. The van der Waals surface area contributed by atoms with E-state index in [1.165, 1.54) is 12.8 Å². The topological polar surface area (TPSA) is 38.5 Å². The van der Waals surface area contributed by atoms with E-state index < -0.39 is 12.8 Å². The van der Waals surface area contributed by atoms with Gasteiger partial charge in [-0.25, -0.2) is 0 Å². The lowest BCUT2D eigenvalue weighted by molar-refractivity contribution is -0.175. The average molecular weight is 238 g/mol. The summed E-state index contributed by atoms with van der Waals surface area (Å²) in [6.07, 6.45) is -1.82. The molecule has 0 atom stereocenters. The summed E-state index contributed by atoms with van der Waals surface area (Å²) in [6.45, 7) is 1.11. The molecule has 0 radical (unpaired) electrons. The molecule has 0 unspecified atom stereocenters. The number of hydrogen-bond donors (Lipinski definition) is 1. The number of hydrogen-bond acceptors (Lipinski definition) is 3. The first kappa shape index (κ1) is 12.1. The van der Waals surface area contributed by atoms with E-state index in [0.717, 1.165) is 13.1 Å². The summed E-state index contributed by atoms with van der Waals surface area (Å²) >= 11 is 0. The summed E-state index contributed by atoms with van der Waals surface area (Å²) in [5, 5.41) is 0. The predicted octanol–water partition coefficient (Wildman–Crippen LogP) is 0.988. The highest BCUT2D eigenvalue weighted by molar-refractivity contribution is 5.08. The average Bonchev–Trinajstić information content (AvgIpc) is 2.89. The van der Waals surface area contributed by atoms with Crippen LogP contribution in [0.4, 0.5) is 13.2 Å². The molecule has 0 amide bonds. The van der Waals surface area contributed by atoms with Crippen LogP contribution in [-0.4, -0.2) is 49.5 Å². The molecule has 0 bridgehead atoms. The van der Waals surface area contributed by atoms with Crippen molar-refractivity contribution in [1.82, 2.24) is 4.90 Å². The number of likely N-dealkylation sites (tertiary alicyclic amines) is 1. The molecule has 6 heteroatoms. The van der Waals surface area contributed by atoms with E-state index >= 15 is 0 Å². The van der Waals surface area contributed by atoms with Gasteiger partial charge in [0.05, 0.1) is 6.61 Å². The number of alkyl halides is 3. The highest BCUT2D eigenvalue weighted by Crippen LogP contribution is 2.42. The van der Waals surface area contributed by atoms with Crippen LogP contribution in [0.2, 0.25) is 0 Å². The molecular formula is C10H17F3N2O. The quantitative estimate of drug-likeness (QED) is 0.726. The minimum atomic E-state index is -4.22. The maximum Gasteiger partial charge on any atom is 0.411 e. The number of nitrogens with two attached hydrogens (primary N) is 1. The van der Waals surface area contributed by atoms with E-state index in [1.807, 2.05) is 0 Å². The van der Waals surface area contributed by atoms with Gasteiger partial charge in [-0.1, -0.05) is 0 Å². The Morgan fingerprint density at radius 3 is 2.44 bits per heavy atom. The van der Waals surface area contributed by atoms with Gasteiger partial charge in [-0.15, -0.1) is 0 Å². The maximum atomic E-state index is 11.8. The molecule has 0 aromatic rings. The van der Waals surface area contributed by atoms with Crippen LogP contribution < -0.4 is 5.73 Å². The van der Waals surface area contributed by atoms with Crippen molar-refractivity contribution in [1.29, 1.82) is 0 Å². The summed E-state index contributed by atoms with van der Waals surface area (Å²) in [6, 6.07) is 0. The van der Waals surface area contributed by atoms with Crippen LogP contribution in [0, 0.1) is 5.92 Å². The number of rotatable bonds is 5.